The highest BCUT2D eigenvalue weighted by molar-refractivity contribution is 9.10. The Morgan fingerprint density at radius 3 is 3.06 bits per heavy atom. The summed E-state index contributed by atoms with van der Waals surface area (Å²) >= 11 is 9.58. The monoisotopic (exact) mass is 303 g/mol. The fourth-order valence-electron chi connectivity index (χ4n) is 1.92. The Bertz CT molecular complexity index is 372. The van der Waals surface area contributed by atoms with E-state index in [0.717, 1.165) is 34.6 Å². The third-order valence-electron chi connectivity index (χ3n) is 2.94. The highest BCUT2D eigenvalue weighted by Crippen LogP contribution is 2.21. The van der Waals surface area contributed by atoms with Crippen LogP contribution in [0.4, 0.5) is 0 Å². The summed E-state index contributed by atoms with van der Waals surface area (Å²) in [6, 6.07) is 6.36. The molecule has 1 aliphatic heterocycles. The molecule has 1 saturated heterocycles. The van der Waals surface area contributed by atoms with Crippen LogP contribution in [0.1, 0.15) is 18.9 Å². The van der Waals surface area contributed by atoms with E-state index in [0.29, 0.717) is 12.1 Å². The van der Waals surface area contributed by atoms with Crippen LogP contribution in [0.3, 0.4) is 0 Å². The molecular formula is C12H15BrClNO. The van der Waals surface area contributed by atoms with Gasteiger partial charge in [0.15, 0.2) is 0 Å². The van der Waals surface area contributed by atoms with Gasteiger partial charge in [0.25, 0.3) is 0 Å². The van der Waals surface area contributed by atoms with Crippen molar-refractivity contribution in [2.24, 2.45) is 0 Å². The first-order valence-electron chi connectivity index (χ1n) is 5.46. The van der Waals surface area contributed by atoms with Crippen molar-refractivity contribution < 1.29 is 4.74 Å². The van der Waals surface area contributed by atoms with E-state index in [1.807, 2.05) is 12.1 Å². The molecule has 88 valence electrons. The van der Waals surface area contributed by atoms with E-state index < -0.39 is 0 Å². The van der Waals surface area contributed by atoms with Crippen molar-refractivity contribution >= 4 is 27.5 Å². The fourth-order valence-corrected chi connectivity index (χ4v) is 2.51. The first kappa shape index (κ1) is 12.4. The summed E-state index contributed by atoms with van der Waals surface area (Å²) in [6.45, 7) is 3.74. The first-order valence-corrected chi connectivity index (χ1v) is 6.63. The van der Waals surface area contributed by atoms with E-state index in [1.165, 1.54) is 0 Å². The zero-order valence-corrected chi connectivity index (χ0v) is 11.5. The number of halogens is 2. The highest BCUT2D eigenvalue weighted by atomic mass is 79.9. The second-order valence-corrected chi connectivity index (χ2v) is 5.41. The van der Waals surface area contributed by atoms with Gasteiger partial charge in [-0.15, -0.1) is 0 Å². The lowest BCUT2D eigenvalue weighted by Crippen LogP contribution is -2.34. The predicted molar refractivity (Wildman–Crippen MR) is 69.8 cm³/mol. The summed E-state index contributed by atoms with van der Waals surface area (Å²) < 4.78 is 6.56. The summed E-state index contributed by atoms with van der Waals surface area (Å²) in [5.74, 6) is 0. The Hall–Kier alpha value is -0.0900. The fraction of sp³-hybridized carbons (Fsp3) is 0.500. The minimum Gasteiger partial charge on any atom is -0.377 e. The zero-order valence-electron chi connectivity index (χ0n) is 9.17. The molecule has 1 aliphatic rings. The first-order chi connectivity index (χ1) is 7.66. The largest absolute Gasteiger partial charge is 0.377 e. The van der Waals surface area contributed by atoms with E-state index in [1.54, 1.807) is 0 Å². The molecule has 1 aromatic rings. The maximum atomic E-state index is 6.13. The van der Waals surface area contributed by atoms with E-state index in [2.05, 4.69) is 34.2 Å². The summed E-state index contributed by atoms with van der Waals surface area (Å²) in [5, 5.41) is 4.29. The second-order valence-electron chi connectivity index (χ2n) is 4.09. The maximum Gasteiger partial charge on any atom is 0.0700 e. The Morgan fingerprint density at radius 2 is 2.38 bits per heavy atom. The average Bonchev–Trinajstić information content (AvgIpc) is 2.66. The van der Waals surface area contributed by atoms with Gasteiger partial charge in [0, 0.05) is 28.7 Å². The molecule has 4 heteroatoms. The van der Waals surface area contributed by atoms with Gasteiger partial charge in [0.05, 0.1) is 6.10 Å². The highest BCUT2D eigenvalue weighted by Gasteiger charge is 2.23. The molecule has 0 aliphatic carbocycles. The smallest absolute Gasteiger partial charge is 0.0700 e. The molecule has 2 atom stereocenters. The number of hydrogen-bond donors (Lipinski definition) is 1. The van der Waals surface area contributed by atoms with Gasteiger partial charge in [0.2, 0.25) is 0 Å². The SMILES string of the molecule is CC1OCCC1NCc1cc(Br)ccc1Cl. The average molecular weight is 305 g/mol. The standard InChI is InChI=1S/C12H15BrClNO/c1-8-12(4-5-16-8)15-7-9-6-10(13)2-3-11(9)14/h2-3,6,8,12,15H,4-5,7H2,1H3. The Balaban J connectivity index is 1.96. The zero-order chi connectivity index (χ0) is 11.5. The normalized spacial score (nSPS) is 24.9. The predicted octanol–water partition coefficient (Wildman–Crippen LogP) is 3.37. The third-order valence-corrected chi connectivity index (χ3v) is 3.80. The topological polar surface area (TPSA) is 21.3 Å². The van der Waals surface area contributed by atoms with Gasteiger partial charge in [-0.3, -0.25) is 0 Å². The van der Waals surface area contributed by atoms with Crippen molar-refractivity contribution in [2.75, 3.05) is 6.61 Å². The van der Waals surface area contributed by atoms with Crippen LogP contribution in [0.25, 0.3) is 0 Å². The lowest BCUT2D eigenvalue weighted by atomic mass is 10.1. The Morgan fingerprint density at radius 1 is 1.56 bits per heavy atom. The van der Waals surface area contributed by atoms with Crippen LogP contribution in [0.15, 0.2) is 22.7 Å². The summed E-state index contributed by atoms with van der Waals surface area (Å²) in [5.41, 5.74) is 1.12. The van der Waals surface area contributed by atoms with Crippen molar-refractivity contribution in [3.05, 3.63) is 33.3 Å². The lowest BCUT2D eigenvalue weighted by molar-refractivity contribution is 0.113. The molecule has 1 N–H and O–H groups in total. The number of hydrogen-bond acceptors (Lipinski definition) is 2. The Labute approximate surface area is 109 Å². The number of benzene rings is 1. The van der Waals surface area contributed by atoms with E-state index >= 15 is 0 Å². The molecule has 0 bridgehead atoms. The van der Waals surface area contributed by atoms with E-state index in [9.17, 15) is 0 Å². The summed E-state index contributed by atoms with van der Waals surface area (Å²) in [6.07, 6.45) is 1.37. The molecule has 16 heavy (non-hydrogen) atoms. The van der Waals surface area contributed by atoms with E-state index in [4.69, 9.17) is 16.3 Å². The Kier molecular flexibility index (Phi) is 4.25. The molecule has 0 radical (unpaired) electrons. The van der Waals surface area contributed by atoms with Crippen LogP contribution >= 0.6 is 27.5 Å². The second kappa shape index (κ2) is 5.50. The van der Waals surface area contributed by atoms with Gasteiger partial charge in [-0.2, -0.15) is 0 Å². The van der Waals surface area contributed by atoms with Crippen LogP contribution in [-0.2, 0) is 11.3 Å². The van der Waals surface area contributed by atoms with Crippen LogP contribution in [0, 0.1) is 0 Å². The van der Waals surface area contributed by atoms with Gasteiger partial charge in [-0.25, -0.2) is 0 Å². The van der Waals surface area contributed by atoms with Gasteiger partial charge in [0.1, 0.15) is 0 Å². The number of ether oxygens (including phenoxy) is 1. The molecular weight excluding hydrogens is 289 g/mol. The number of nitrogens with one attached hydrogen (secondary N) is 1. The molecule has 0 spiro atoms. The molecule has 1 aromatic carbocycles. The van der Waals surface area contributed by atoms with Crippen molar-refractivity contribution in [3.8, 4) is 0 Å². The summed E-state index contributed by atoms with van der Waals surface area (Å²) in [4.78, 5) is 0. The van der Waals surface area contributed by atoms with Crippen molar-refractivity contribution in [1.82, 2.24) is 5.32 Å². The van der Waals surface area contributed by atoms with Crippen LogP contribution < -0.4 is 5.32 Å². The van der Waals surface area contributed by atoms with Crippen LogP contribution in [-0.4, -0.2) is 18.8 Å². The minimum atomic E-state index is 0.297. The quantitative estimate of drug-likeness (QED) is 0.924. The van der Waals surface area contributed by atoms with Crippen molar-refractivity contribution in [2.45, 2.75) is 32.0 Å². The maximum absolute atomic E-state index is 6.13. The molecule has 2 unspecified atom stereocenters. The van der Waals surface area contributed by atoms with Gasteiger partial charge in [-0.1, -0.05) is 27.5 Å². The molecule has 0 amide bonds. The molecule has 1 fully saturated rings. The van der Waals surface area contributed by atoms with Gasteiger partial charge < -0.3 is 10.1 Å². The minimum absolute atomic E-state index is 0.297. The number of rotatable bonds is 3. The molecule has 1 heterocycles. The van der Waals surface area contributed by atoms with Crippen LogP contribution in [0.2, 0.25) is 5.02 Å². The third kappa shape index (κ3) is 2.98. The van der Waals surface area contributed by atoms with Crippen LogP contribution in [0.5, 0.6) is 0 Å². The van der Waals surface area contributed by atoms with Gasteiger partial charge >= 0.3 is 0 Å². The van der Waals surface area contributed by atoms with Gasteiger partial charge in [-0.05, 0) is 37.1 Å². The van der Waals surface area contributed by atoms with Crippen molar-refractivity contribution in [3.63, 3.8) is 0 Å². The molecule has 0 saturated carbocycles. The lowest BCUT2D eigenvalue weighted by Gasteiger charge is -2.16. The van der Waals surface area contributed by atoms with E-state index in [-0.39, 0.29) is 0 Å². The molecule has 2 nitrogen and oxygen atoms in total. The molecule has 2 rings (SSSR count). The summed E-state index contributed by atoms with van der Waals surface area (Å²) in [7, 11) is 0. The van der Waals surface area contributed by atoms with Crippen molar-refractivity contribution in [1.29, 1.82) is 0 Å². The molecule has 0 aromatic heterocycles.